The van der Waals surface area contributed by atoms with Gasteiger partial charge in [-0.25, -0.2) is 4.98 Å². The Kier molecular flexibility index (Phi) is 3.25. The molecule has 0 N–H and O–H groups in total. The van der Waals surface area contributed by atoms with Crippen molar-refractivity contribution in [1.82, 2.24) is 9.38 Å². The number of aryl methyl sites for hydroxylation is 1. The summed E-state index contributed by atoms with van der Waals surface area (Å²) < 4.78 is 8.64. The van der Waals surface area contributed by atoms with Crippen LogP contribution < -0.4 is 4.74 Å². The van der Waals surface area contributed by atoms with Gasteiger partial charge in [0.15, 0.2) is 4.73 Å². The second-order valence-electron chi connectivity index (χ2n) is 4.34. The molecule has 0 spiro atoms. The summed E-state index contributed by atoms with van der Waals surface area (Å²) in [4.78, 5) is 4.49. The predicted molar refractivity (Wildman–Crippen MR) is 78.4 cm³/mol. The summed E-state index contributed by atoms with van der Waals surface area (Å²) in [5, 5.41) is 0. The Labute approximate surface area is 120 Å². The third-order valence-electron chi connectivity index (χ3n) is 3.04. The van der Waals surface area contributed by atoms with Crippen LogP contribution >= 0.6 is 15.9 Å². The Hall–Kier alpha value is -1.81. The first-order chi connectivity index (χ1) is 9.25. The predicted octanol–water partition coefficient (Wildman–Crippen LogP) is 3.98. The van der Waals surface area contributed by atoms with E-state index in [4.69, 9.17) is 4.74 Å². The fraction of sp³-hybridized carbons (Fsp3) is 0.133. The molecule has 4 heteroatoms. The highest BCUT2D eigenvalue weighted by Gasteiger charge is 2.09. The average Bonchev–Trinajstić information content (AvgIpc) is 2.75. The minimum absolute atomic E-state index is 0.462. The van der Waals surface area contributed by atoms with Crippen LogP contribution in [0.25, 0.3) is 5.52 Å². The van der Waals surface area contributed by atoms with E-state index in [-0.39, 0.29) is 0 Å². The van der Waals surface area contributed by atoms with Crippen LogP contribution in [0.2, 0.25) is 0 Å². The van der Waals surface area contributed by atoms with Crippen molar-refractivity contribution in [3.63, 3.8) is 0 Å². The van der Waals surface area contributed by atoms with Gasteiger partial charge in [-0.15, -0.1) is 0 Å². The summed E-state index contributed by atoms with van der Waals surface area (Å²) in [6.07, 6.45) is 1.98. The van der Waals surface area contributed by atoms with Gasteiger partial charge >= 0.3 is 0 Å². The molecule has 0 saturated carbocycles. The Bertz CT molecular complexity index is 721. The average molecular weight is 317 g/mol. The van der Waals surface area contributed by atoms with E-state index < -0.39 is 0 Å². The lowest BCUT2D eigenvalue weighted by Crippen LogP contribution is -1.97. The number of hydrogen-bond acceptors (Lipinski definition) is 2. The Balaban J connectivity index is 1.88. The molecule has 0 aliphatic heterocycles. The van der Waals surface area contributed by atoms with Gasteiger partial charge in [0.2, 0.25) is 0 Å². The zero-order chi connectivity index (χ0) is 13.2. The topological polar surface area (TPSA) is 26.5 Å². The van der Waals surface area contributed by atoms with Gasteiger partial charge in [0, 0.05) is 6.20 Å². The normalized spacial score (nSPS) is 10.8. The largest absolute Gasteiger partial charge is 0.487 e. The molecule has 0 amide bonds. The smallest absolute Gasteiger partial charge is 0.182 e. The van der Waals surface area contributed by atoms with E-state index in [1.807, 2.05) is 60.0 Å². The zero-order valence-electron chi connectivity index (χ0n) is 10.5. The van der Waals surface area contributed by atoms with Gasteiger partial charge < -0.3 is 4.74 Å². The van der Waals surface area contributed by atoms with Crippen molar-refractivity contribution in [2.24, 2.45) is 0 Å². The van der Waals surface area contributed by atoms with Crippen LogP contribution in [0.1, 0.15) is 11.3 Å². The number of rotatable bonds is 3. The summed E-state index contributed by atoms with van der Waals surface area (Å²) >= 11 is 3.45. The molecule has 0 unspecified atom stereocenters. The molecule has 96 valence electrons. The number of aromatic nitrogens is 2. The van der Waals surface area contributed by atoms with Gasteiger partial charge in [-0.2, -0.15) is 0 Å². The highest BCUT2D eigenvalue weighted by Crippen LogP contribution is 2.21. The second-order valence-corrected chi connectivity index (χ2v) is 5.05. The van der Waals surface area contributed by atoms with E-state index in [2.05, 4.69) is 20.9 Å². The lowest BCUT2D eigenvalue weighted by molar-refractivity contribution is 0.301. The van der Waals surface area contributed by atoms with Gasteiger partial charge in [-0.3, -0.25) is 4.40 Å². The maximum Gasteiger partial charge on any atom is 0.182 e. The van der Waals surface area contributed by atoms with Crippen LogP contribution in [0.5, 0.6) is 5.75 Å². The molecule has 3 aromatic rings. The molecule has 2 heterocycles. The maximum absolute atomic E-state index is 5.85. The fourth-order valence-corrected chi connectivity index (χ4v) is 2.56. The number of halogens is 1. The summed E-state index contributed by atoms with van der Waals surface area (Å²) in [6, 6.07) is 14.0. The molecule has 19 heavy (non-hydrogen) atoms. The third kappa shape index (κ3) is 2.36. The molecule has 2 aromatic heterocycles. The lowest BCUT2D eigenvalue weighted by atomic mass is 10.2. The lowest BCUT2D eigenvalue weighted by Gasteiger charge is -2.07. The van der Waals surface area contributed by atoms with Crippen molar-refractivity contribution in [3.05, 3.63) is 64.7 Å². The number of hydrogen-bond donors (Lipinski definition) is 0. The Morgan fingerprint density at radius 1 is 1.16 bits per heavy atom. The number of para-hydroxylation sites is 1. The van der Waals surface area contributed by atoms with E-state index in [0.717, 1.165) is 27.3 Å². The van der Waals surface area contributed by atoms with Crippen LogP contribution in [0.3, 0.4) is 0 Å². The van der Waals surface area contributed by atoms with Crippen molar-refractivity contribution in [1.29, 1.82) is 0 Å². The molecule has 3 rings (SSSR count). The number of pyridine rings is 1. The van der Waals surface area contributed by atoms with E-state index >= 15 is 0 Å². The molecular formula is C15H13BrN2O. The maximum atomic E-state index is 5.85. The van der Waals surface area contributed by atoms with Crippen LogP contribution in [0.4, 0.5) is 0 Å². The first-order valence-corrected chi connectivity index (χ1v) is 6.85. The molecule has 0 bridgehead atoms. The SMILES string of the molecule is Cc1ccccc1OCc1nc(Br)n2ccccc12. The fourth-order valence-electron chi connectivity index (χ4n) is 2.03. The van der Waals surface area contributed by atoms with E-state index in [1.165, 1.54) is 0 Å². The van der Waals surface area contributed by atoms with Crippen LogP contribution in [0.15, 0.2) is 53.4 Å². The Morgan fingerprint density at radius 2 is 1.95 bits per heavy atom. The second kappa shape index (κ2) is 5.05. The number of ether oxygens (including phenoxy) is 1. The third-order valence-corrected chi connectivity index (χ3v) is 3.60. The van der Waals surface area contributed by atoms with Gasteiger partial charge in [-0.1, -0.05) is 24.3 Å². The molecule has 0 fully saturated rings. The van der Waals surface area contributed by atoms with E-state index in [1.54, 1.807) is 0 Å². The van der Waals surface area contributed by atoms with Gasteiger partial charge in [0.05, 0.1) is 5.52 Å². The van der Waals surface area contributed by atoms with Gasteiger partial charge in [0.1, 0.15) is 18.1 Å². The van der Waals surface area contributed by atoms with Crippen LogP contribution in [-0.4, -0.2) is 9.38 Å². The molecular weight excluding hydrogens is 304 g/mol. The number of imidazole rings is 1. The van der Waals surface area contributed by atoms with Gasteiger partial charge in [0.25, 0.3) is 0 Å². The van der Waals surface area contributed by atoms with Crippen molar-refractivity contribution in [3.8, 4) is 5.75 Å². The van der Waals surface area contributed by atoms with Crippen molar-refractivity contribution in [2.75, 3.05) is 0 Å². The zero-order valence-corrected chi connectivity index (χ0v) is 12.1. The molecule has 0 atom stereocenters. The molecule has 1 aromatic carbocycles. The van der Waals surface area contributed by atoms with E-state index in [0.29, 0.717) is 6.61 Å². The summed E-state index contributed by atoms with van der Waals surface area (Å²) in [5.74, 6) is 0.899. The van der Waals surface area contributed by atoms with Crippen molar-refractivity contribution in [2.45, 2.75) is 13.5 Å². The molecule has 0 saturated heterocycles. The minimum Gasteiger partial charge on any atom is -0.487 e. The first-order valence-electron chi connectivity index (χ1n) is 6.05. The number of nitrogens with zero attached hydrogens (tertiary/aromatic N) is 2. The van der Waals surface area contributed by atoms with Gasteiger partial charge in [-0.05, 0) is 46.6 Å². The van der Waals surface area contributed by atoms with Crippen LogP contribution in [0, 0.1) is 6.92 Å². The highest BCUT2D eigenvalue weighted by molar-refractivity contribution is 9.10. The standard InChI is InChI=1S/C15H13BrN2O/c1-11-6-2-3-8-14(11)19-10-12-13-7-4-5-9-18(13)15(16)17-12/h2-9H,10H2,1H3. The number of fused-ring (bicyclic) bond motifs is 1. The quantitative estimate of drug-likeness (QED) is 0.730. The van der Waals surface area contributed by atoms with Crippen molar-refractivity contribution < 1.29 is 4.74 Å². The Morgan fingerprint density at radius 3 is 2.79 bits per heavy atom. The summed E-state index contributed by atoms with van der Waals surface area (Å²) in [7, 11) is 0. The number of benzene rings is 1. The highest BCUT2D eigenvalue weighted by atomic mass is 79.9. The summed E-state index contributed by atoms with van der Waals surface area (Å²) in [5.41, 5.74) is 3.11. The molecule has 3 nitrogen and oxygen atoms in total. The summed E-state index contributed by atoms with van der Waals surface area (Å²) in [6.45, 7) is 2.50. The molecule has 0 radical (unpaired) electrons. The first kappa shape index (κ1) is 12.2. The van der Waals surface area contributed by atoms with Crippen LogP contribution in [-0.2, 0) is 6.61 Å². The molecule has 0 aliphatic rings. The monoisotopic (exact) mass is 316 g/mol. The minimum atomic E-state index is 0.462. The van der Waals surface area contributed by atoms with E-state index in [9.17, 15) is 0 Å². The molecule has 0 aliphatic carbocycles. The van der Waals surface area contributed by atoms with Crippen molar-refractivity contribution >= 4 is 21.4 Å².